The van der Waals surface area contributed by atoms with Crippen LogP contribution in [0.5, 0.6) is 0 Å². The third kappa shape index (κ3) is 1.77. The maximum Gasteiger partial charge on any atom is 0.0871 e. The van der Waals surface area contributed by atoms with Crippen LogP contribution in [0.2, 0.25) is 0 Å². The molecule has 1 heterocycles. The lowest BCUT2D eigenvalue weighted by atomic mass is 9.79. The molecule has 3 heteroatoms. The normalized spacial score (nSPS) is 27.4. The summed E-state index contributed by atoms with van der Waals surface area (Å²) in [6, 6.07) is 2.31. The van der Waals surface area contributed by atoms with E-state index in [1.165, 1.54) is 32.1 Å². The van der Waals surface area contributed by atoms with Crippen LogP contribution in [0.4, 0.5) is 0 Å². The molecule has 0 atom stereocenters. The van der Waals surface area contributed by atoms with Crippen LogP contribution in [0.3, 0.4) is 0 Å². The Morgan fingerprint density at radius 1 is 1.29 bits per heavy atom. The minimum Gasteiger partial charge on any atom is -0.314 e. The van der Waals surface area contributed by atoms with Crippen molar-refractivity contribution in [2.45, 2.75) is 37.6 Å². The van der Waals surface area contributed by atoms with Crippen molar-refractivity contribution in [1.82, 2.24) is 10.2 Å². The van der Waals surface area contributed by atoms with Crippen LogP contribution in [-0.2, 0) is 0 Å². The zero-order valence-corrected chi connectivity index (χ0v) is 8.76. The summed E-state index contributed by atoms with van der Waals surface area (Å²) in [5, 5.41) is 12.3. The van der Waals surface area contributed by atoms with Crippen LogP contribution in [-0.4, -0.2) is 36.6 Å². The van der Waals surface area contributed by atoms with Crippen molar-refractivity contribution in [2.75, 3.05) is 26.2 Å². The van der Waals surface area contributed by atoms with E-state index >= 15 is 0 Å². The molecule has 1 N–H and O–H groups in total. The van der Waals surface area contributed by atoms with E-state index in [2.05, 4.69) is 16.3 Å². The lowest BCUT2D eigenvalue weighted by Gasteiger charge is -2.49. The average molecular weight is 193 g/mol. The van der Waals surface area contributed by atoms with Gasteiger partial charge in [0.1, 0.15) is 0 Å². The van der Waals surface area contributed by atoms with E-state index in [0.29, 0.717) is 12.1 Å². The van der Waals surface area contributed by atoms with Gasteiger partial charge in [-0.25, -0.2) is 0 Å². The average Bonchev–Trinajstić information content (AvgIpc) is 2.23. The number of hydrogen-bond donors (Lipinski definition) is 1. The molecular formula is C11H19N3. The molecule has 2 fully saturated rings. The van der Waals surface area contributed by atoms with Crippen LogP contribution in [0.25, 0.3) is 0 Å². The third-order valence-corrected chi connectivity index (χ3v) is 3.73. The molecule has 1 aliphatic carbocycles. The van der Waals surface area contributed by atoms with E-state index in [0.717, 1.165) is 19.6 Å². The molecule has 1 spiro atoms. The van der Waals surface area contributed by atoms with Gasteiger partial charge in [-0.15, -0.1) is 0 Å². The van der Waals surface area contributed by atoms with Gasteiger partial charge >= 0.3 is 0 Å². The SMILES string of the molecule is N#CCN1CCNCC12CCCCC2. The van der Waals surface area contributed by atoms with Gasteiger partial charge in [0.15, 0.2) is 0 Å². The molecule has 2 rings (SSSR count). The lowest BCUT2D eigenvalue weighted by molar-refractivity contribution is 0.0392. The van der Waals surface area contributed by atoms with E-state index in [1.54, 1.807) is 0 Å². The van der Waals surface area contributed by atoms with Crippen molar-refractivity contribution in [3.8, 4) is 6.07 Å². The number of hydrogen-bond acceptors (Lipinski definition) is 3. The molecule has 14 heavy (non-hydrogen) atoms. The highest BCUT2D eigenvalue weighted by Crippen LogP contribution is 2.34. The number of rotatable bonds is 1. The fraction of sp³-hybridized carbons (Fsp3) is 0.909. The summed E-state index contributed by atoms with van der Waals surface area (Å²) in [6.07, 6.45) is 6.61. The Morgan fingerprint density at radius 2 is 2.07 bits per heavy atom. The highest BCUT2D eigenvalue weighted by atomic mass is 15.3. The molecular weight excluding hydrogens is 174 g/mol. The van der Waals surface area contributed by atoms with Gasteiger partial charge in [-0.2, -0.15) is 5.26 Å². The summed E-state index contributed by atoms with van der Waals surface area (Å²) in [7, 11) is 0. The number of nitrogens with one attached hydrogen (secondary N) is 1. The summed E-state index contributed by atoms with van der Waals surface area (Å²) in [4.78, 5) is 2.41. The minimum atomic E-state index is 0.326. The molecule has 1 saturated heterocycles. The summed E-state index contributed by atoms with van der Waals surface area (Å²) in [6.45, 7) is 3.80. The first-order valence-electron chi connectivity index (χ1n) is 5.70. The first-order chi connectivity index (χ1) is 6.87. The molecule has 0 aromatic rings. The Bertz CT molecular complexity index is 217. The van der Waals surface area contributed by atoms with Gasteiger partial charge in [-0.3, -0.25) is 4.90 Å². The van der Waals surface area contributed by atoms with Gasteiger partial charge in [-0.05, 0) is 12.8 Å². The van der Waals surface area contributed by atoms with E-state index in [4.69, 9.17) is 5.26 Å². The lowest BCUT2D eigenvalue weighted by Crippen LogP contribution is -2.61. The zero-order chi connectivity index (χ0) is 9.86. The van der Waals surface area contributed by atoms with Gasteiger partial charge in [-0.1, -0.05) is 19.3 Å². The Hall–Kier alpha value is -0.590. The van der Waals surface area contributed by atoms with Crippen molar-refractivity contribution in [3.63, 3.8) is 0 Å². The second-order valence-electron chi connectivity index (χ2n) is 4.54. The van der Waals surface area contributed by atoms with E-state index in [1.807, 2.05) is 0 Å². The predicted molar refractivity (Wildman–Crippen MR) is 55.9 cm³/mol. The second-order valence-corrected chi connectivity index (χ2v) is 4.54. The second kappa shape index (κ2) is 4.29. The fourth-order valence-corrected chi connectivity index (χ4v) is 2.92. The highest BCUT2D eigenvalue weighted by Gasteiger charge is 2.39. The molecule has 78 valence electrons. The van der Waals surface area contributed by atoms with E-state index < -0.39 is 0 Å². The van der Waals surface area contributed by atoms with E-state index in [-0.39, 0.29) is 0 Å². The molecule has 3 nitrogen and oxygen atoms in total. The molecule has 0 unspecified atom stereocenters. The van der Waals surface area contributed by atoms with Gasteiger partial charge in [0, 0.05) is 25.2 Å². The van der Waals surface area contributed by atoms with Crippen LogP contribution < -0.4 is 5.32 Å². The molecule has 0 amide bonds. The van der Waals surface area contributed by atoms with Gasteiger partial charge in [0.2, 0.25) is 0 Å². The molecule has 0 radical (unpaired) electrons. The molecule has 0 bridgehead atoms. The smallest absolute Gasteiger partial charge is 0.0871 e. The fourth-order valence-electron chi connectivity index (χ4n) is 2.92. The monoisotopic (exact) mass is 193 g/mol. The Morgan fingerprint density at radius 3 is 2.79 bits per heavy atom. The Balaban J connectivity index is 2.07. The Labute approximate surface area is 86.1 Å². The van der Waals surface area contributed by atoms with Crippen molar-refractivity contribution in [1.29, 1.82) is 5.26 Å². The standard InChI is InChI=1S/C11H19N3/c12-6-8-14-9-7-13-10-11(14)4-2-1-3-5-11/h13H,1-5,7-10H2. The van der Waals surface area contributed by atoms with Crippen LogP contribution in [0, 0.1) is 11.3 Å². The summed E-state index contributed by atoms with van der Waals surface area (Å²) < 4.78 is 0. The van der Waals surface area contributed by atoms with Crippen LogP contribution in [0.15, 0.2) is 0 Å². The molecule has 2 aliphatic rings. The van der Waals surface area contributed by atoms with Crippen LogP contribution >= 0.6 is 0 Å². The molecule has 1 saturated carbocycles. The molecule has 0 aromatic heterocycles. The largest absolute Gasteiger partial charge is 0.314 e. The number of nitriles is 1. The summed E-state index contributed by atoms with van der Waals surface area (Å²) in [5.74, 6) is 0. The van der Waals surface area contributed by atoms with Crippen molar-refractivity contribution in [2.24, 2.45) is 0 Å². The minimum absolute atomic E-state index is 0.326. The molecule has 1 aliphatic heterocycles. The first-order valence-corrected chi connectivity index (χ1v) is 5.70. The van der Waals surface area contributed by atoms with Gasteiger partial charge in [0.25, 0.3) is 0 Å². The quantitative estimate of drug-likeness (QED) is 0.634. The van der Waals surface area contributed by atoms with E-state index in [9.17, 15) is 0 Å². The van der Waals surface area contributed by atoms with Gasteiger partial charge in [0.05, 0.1) is 12.6 Å². The Kier molecular flexibility index (Phi) is 3.05. The van der Waals surface area contributed by atoms with Crippen LogP contribution in [0.1, 0.15) is 32.1 Å². The number of nitrogens with zero attached hydrogens (tertiary/aromatic N) is 2. The highest BCUT2D eigenvalue weighted by molar-refractivity contribution is 5.00. The summed E-state index contributed by atoms with van der Waals surface area (Å²) >= 11 is 0. The third-order valence-electron chi connectivity index (χ3n) is 3.73. The van der Waals surface area contributed by atoms with Gasteiger partial charge < -0.3 is 5.32 Å². The topological polar surface area (TPSA) is 39.1 Å². The van der Waals surface area contributed by atoms with Crippen molar-refractivity contribution >= 4 is 0 Å². The first kappa shape index (κ1) is 9.95. The molecule has 0 aromatic carbocycles. The van der Waals surface area contributed by atoms with Crippen molar-refractivity contribution < 1.29 is 0 Å². The number of piperazine rings is 1. The summed E-state index contributed by atoms with van der Waals surface area (Å²) in [5.41, 5.74) is 0.326. The predicted octanol–water partition coefficient (Wildman–Crippen LogP) is 1.12. The maximum atomic E-state index is 8.82. The zero-order valence-electron chi connectivity index (χ0n) is 8.76. The maximum absolute atomic E-state index is 8.82. The van der Waals surface area contributed by atoms with Crippen molar-refractivity contribution in [3.05, 3.63) is 0 Å².